The van der Waals surface area contributed by atoms with Crippen LogP contribution < -0.4 is 5.56 Å². The van der Waals surface area contributed by atoms with Gasteiger partial charge in [0.15, 0.2) is 11.3 Å². The molecule has 2 bridgehead atoms. The molecule has 3 aromatic rings. The quantitative estimate of drug-likeness (QED) is 0.605. The largest absolute Gasteiger partial charge is 0.483 e. The number of amides is 1. The van der Waals surface area contributed by atoms with Crippen LogP contribution in [0.5, 0.6) is 0 Å². The summed E-state index contributed by atoms with van der Waals surface area (Å²) >= 11 is 0. The molecule has 2 aliphatic rings. The van der Waals surface area contributed by atoms with Gasteiger partial charge < -0.3 is 19.5 Å². The van der Waals surface area contributed by atoms with Crippen LogP contribution in [0.4, 0.5) is 0 Å². The SMILES string of the molecule is CN(C)Cc1ccc2n(c1=O)C[C@H]1C[C@@H]2CN(C(=O)c2cnc3cccnn23)C1.O=CO. The second-order valence-corrected chi connectivity index (χ2v) is 8.49. The van der Waals surface area contributed by atoms with Crippen LogP contribution in [-0.2, 0) is 17.9 Å². The van der Waals surface area contributed by atoms with E-state index in [2.05, 4.69) is 16.1 Å². The molecule has 0 unspecified atom stereocenters. The fourth-order valence-corrected chi connectivity index (χ4v) is 4.76. The van der Waals surface area contributed by atoms with Gasteiger partial charge in [-0.25, -0.2) is 9.50 Å². The monoisotopic (exact) mass is 438 g/mol. The highest BCUT2D eigenvalue weighted by Gasteiger charge is 2.37. The number of nitrogens with zero attached hydrogens (tertiary/aromatic N) is 6. The van der Waals surface area contributed by atoms with Gasteiger partial charge in [-0.1, -0.05) is 6.07 Å². The van der Waals surface area contributed by atoms with Crippen molar-refractivity contribution >= 4 is 18.0 Å². The molecule has 168 valence electrons. The summed E-state index contributed by atoms with van der Waals surface area (Å²) in [6.07, 6.45) is 4.27. The van der Waals surface area contributed by atoms with Crippen LogP contribution in [0.1, 0.15) is 34.1 Å². The average molecular weight is 438 g/mol. The van der Waals surface area contributed by atoms with Crippen LogP contribution in [0.3, 0.4) is 0 Å². The Hall–Kier alpha value is -3.53. The lowest BCUT2D eigenvalue weighted by Crippen LogP contribution is -2.49. The molecule has 2 atom stereocenters. The molecule has 0 saturated carbocycles. The van der Waals surface area contributed by atoms with Gasteiger partial charge in [0, 0.05) is 49.6 Å². The average Bonchev–Trinajstić information content (AvgIpc) is 3.20. The number of hydrogen-bond donors (Lipinski definition) is 1. The minimum absolute atomic E-state index is 0.0501. The van der Waals surface area contributed by atoms with E-state index in [1.807, 2.05) is 40.6 Å². The first kappa shape index (κ1) is 21.7. The molecule has 0 radical (unpaired) electrons. The molecule has 1 N–H and O–H groups in total. The lowest BCUT2D eigenvalue weighted by Gasteiger charge is -2.42. The van der Waals surface area contributed by atoms with Gasteiger partial charge in [0.05, 0.1) is 6.20 Å². The summed E-state index contributed by atoms with van der Waals surface area (Å²) in [5, 5.41) is 11.2. The first-order valence-corrected chi connectivity index (χ1v) is 10.5. The number of piperidine rings is 1. The predicted octanol–water partition coefficient (Wildman–Crippen LogP) is 0.913. The molecule has 5 heterocycles. The zero-order valence-corrected chi connectivity index (χ0v) is 18.1. The van der Waals surface area contributed by atoms with Gasteiger partial charge in [0.2, 0.25) is 0 Å². The van der Waals surface area contributed by atoms with Crippen molar-refractivity contribution in [1.82, 2.24) is 29.0 Å². The molecule has 32 heavy (non-hydrogen) atoms. The summed E-state index contributed by atoms with van der Waals surface area (Å²) in [7, 11) is 3.94. The Bertz CT molecular complexity index is 1200. The molecule has 5 rings (SSSR count). The lowest BCUT2D eigenvalue weighted by atomic mass is 9.83. The summed E-state index contributed by atoms with van der Waals surface area (Å²) in [6.45, 7) is 2.32. The summed E-state index contributed by atoms with van der Waals surface area (Å²) in [5.41, 5.74) is 3.13. The second-order valence-electron chi connectivity index (χ2n) is 8.49. The Morgan fingerprint density at radius 3 is 2.78 bits per heavy atom. The van der Waals surface area contributed by atoms with E-state index in [9.17, 15) is 9.59 Å². The maximum absolute atomic E-state index is 13.2. The van der Waals surface area contributed by atoms with Crippen molar-refractivity contribution in [1.29, 1.82) is 0 Å². The number of fused-ring (bicyclic) bond motifs is 5. The summed E-state index contributed by atoms with van der Waals surface area (Å²) in [6, 6.07) is 7.67. The Morgan fingerprint density at radius 2 is 2.03 bits per heavy atom. The molecule has 2 aliphatic heterocycles. The third kappa shape index (κ3) is 4.01. The van der Waals surface area contributed by atoms with E-state index in [4.69, 9.17) is 9.90 Å². The van der Waals surface area contributed by atoms with Crippen LogP contribution in [0.25, 0.3) is 5.65 Å². The number of pyridine rings is 1. The fourth-order valence-electron chi connectivity index (χ4n) is 4.76. The fraction of sp³-hybridized carbons (Fsp3) is 0.409. The summed E-state index contributed by atoms with van der Waals surface area (Å²) in [4.78, 5) is 42.7. The van der Waals surface area contributed by atoms with E-state index < -0.39 is 0 Å². The van der Waals surface area contributed by atoms with Crippen molar-refractivity contribution in [2.24, 2.45) is 5.92 Å². The Morgan fingerprint density at radius 1 is 1.25 bits per heavy atom. The zero-order chi connectivity index (χ0) is 22.8. The van der Waals surface area contributed by atoms with Gasteiger partial charge in [0.25, 0.3) is 17.9 Å². The number of hydrogen-bond acceptors (Lipinski definition) is 6. The van der Waals surface area contributed by atoms with E-state index >= 15 is 0 Å². The third-order valence-electron chi connectivity index (χ3n) is 5.95. The van der Waals surface area contributed by atoms with Crippen LogP contribution in [0, 0.1) is 5.92 Å². The first-order valence-electron chi connectivity index (χ1n) is 10.5. The third-order valence-corrected chi connectivity index (χ3v) is 5.95. The van der Waals surface area contributed by atoms with Gasteiger partial charge in [-0.3, -0.25) is 14.4 Å². The molecule has 1 saturated heterocycles. The number of likely N-dealkylation sites (tertiary alicyclic amines) is 1. The molecule has 3 aromatic heterocycles. The molecule has 1 fully saturated rings. The molecular weight excluding hydrogens is 412 g/mol. The van der Waals surface area contributed by atoms with E-state index in [1.54, 1.807) is 23.0 Å². The van der Waals surface area contributed by atoms with E-state index in [0.29, 0.717) is 37.5 Å². The molecule has 0 aromatic carbocycles. The summed E-state index contributed by atoms with van der Waals surface area (Å²) < 4.78 is 3.54. The van der Waals surface area contributed by atoms with Crippen LogP contribution >= 0.6 is 0 Å². The molecule has 10 heteroatoms. The minimum Gasteiger partial charge on any atom is -0.483 e. The van der Waals surface area contributed by atoms with E-state index in [-0.39, 0.29) is 29.8 Å². The maximum atomic E-state index is 13.2. The standard InChI is InChI=1S/C21H24N6O2.CH2O2/c1-24(2)12-15-5-6-17-16-8-14(11-26(17)20(15)28)10-25(13-16)21(29)18-9-22-19-4-3-7-23-27(18)19;2-1-3/h3-7,9,14,16H,8,10-13H2,1-2H3;1H,(H,2,3)/t14-,16+;/m0./s1. The predicted molar refractivity (Wildman–Crippen MR) is 117 cm³/mol. The topological polar surface area (TPSA) is 113 Å². The number of imidazole rings is 1. The van der Waals surface area contributed by atoms with Crippen molar-refractivity contribution in [2.75, 3.05) is 27.2 Å². The zero-order valence-electron chi connectivity index (χ0n) is 18.1. The van der Waals surface area contributed by atoms with Crippen LogP contribution in [-0.4, -0.2) is 73.6 Å². The van der Waals surface area contributed by atoms with Crippen LogP contribution in [0.15, 0.2) is 41.5 Å². The van der Waals surface area contributed by atoms with E-state index in [0.717, 1.165) is 17.7 Å². The molecular formula is C22H26N6O4. The number of carbonyl (C=O) groups excluding carboxylic acids is 1. The number of aromatic nitrogens is 4. The highest BCUT2D eigenvalue weighted by molar-refractivity contribution is 5.93. The van der Waals surface area contributed by atoms with Gasteiger partial charge in [-0.2, -0.15) is 5.10 Å². The molecule has 0 aliphatic carbocycles. The first-order chi connectivity index (χ1) is 15.4. The number of rotatable bonds is 3. The lowest BCUT2D eigenvalue weighted by molar-refractivity contribution is -0.122. The maximum Gasteiger partial charge on any atom is 0.290 e. The van der Waals surface area contributed by atoms with Crippen molar-refractivity contribution < 1.29 is 14.7 Å². The van der Waals surface area contributed by atoms with E-state index in [1.165, 1.54) is 0 Å². The van der Waals surface area contributed by atoms with Crippen molar-refractivity contribution in [2.45, 2.75) is 25.4 Å². The normalized spacial score (nSPS) is 19.3. The Kier molecular flexibility index (Phi) is 6.04. The van der Waals surface area contributed by atoms with Gasteiger partial charge >= 0.3 is 0 Å². The van der Waals surface area contributed by atoms with Gasteiger partial charge in [-0.15, -0.1) is 0 Å². The van der Waals surface area contributed by atoms with Crippen LogP contribution in [0.2, 0.25) is 0 Å². The molecule has 10 nitrogen and oxygen atoms in total. The summed E-state index contributed by atoms with van der Waals surface area (Å²) in [5.74, 6) is 0.412. The minimum atomic E-state index is -0.250. The molecule has 0 spiro atoms. The Balaban J connectivity index is 0.000000775. The second kappa shape index (κ2) is 8.91. The highest BCUT2D eigenvalue weighted by atomic mass is 16.3. The Labute approximate surface area is 184 Å². The van der Waals surface area contributed by atoms with Gasteiger partial charge in [0.1, 0.15) is 0 Å². The van der Waals surface area contributed by atoms with Crippen molar-refractivity contribution in [3.63, 3.8) is 0 Å². The highest BCUT2D eigenvalue weighted by Crippen LogP contribution is 2.35. The van der Waals surface area contributed by atoms with Gasteiger partial charge in [-0.05, 0) is 44.6 Å². The van der Waals surface area contributed by atoms with Crippen molar-refractivity contribution in [3.05, 3.63) is 64.0 Å². The number of carboxylic acid groups (broad SMARTS) is 1. The van der Waals surface area contributed by atoms with Crippen molar-refractivity contribution in [3.8, 4) is 0 Å². The number of carbonyl (C=O) groups is 2. The molecule has 1 amide bonds. The smallest absolute Gasteiger partial charge is 0.290 e.